The lowest BCUT2D eigenvalue weighted by Gasteiger charge is -2.44. The zero-order chi connectivity index (χ0) is 44.9. The molecule has 0 aromatic heterocycles. The Hall–Kier alpha value is -6.06. The van der Waals surface area contributed by atoms with Gasteiger partial charge in [-0.15, -0.1) is 21.9 Å². The summed E-state index contributed by atoms with van der Waals surface area (Å²) in [5, 5.41) is 0. The van der Waals surface area contributed by atoms with Gasteiger partial charge in [0.05, 0.1) is 6.54 Å². The van der Waals surface area contributed by atoms with E-state index in [1.807, 2.05) is 0 Å². The molecule has 1 N–H and O–H groups in total. The van der Waals surface area contributed by atoms with Gasteiger partial charge in [0.25, 0.3) is 0 Å². The van der Waals surface area contributed by atoms with Gasteiger partial charge < -0.3 is 0 Å². The van der Waals surface area contributed by atoms with Crippen LogP contribution in [0.2, 0.25) is 0 Å². The maximum Gasteiger partial charge on any atom is 0.200 e. The van der Waals surface area contributed by atoms with Crippen molar-refractivity contribution in [1.29, 1.82) is 0 Å². The summed E-state index contributed by atoms with van der Waals surface area (Å²) in [4.78, 5) is 1.41. The van der Waals surface area contributed by atoms with Gasteiger partial charge in [-0.25, -0.2) is 87.8 Å². The average Bonchev–Trinajstić information content (AvgIpc) is 3.24. The van der Waals surface area contributed by atoms with Gasteiger partial charge in [0.15, 0.2) is 69.8 Å². The van der Waals surface area contributed by atoms with E-state index in [-0.39, 0.29) is 0 Å². The standard InChI is InChI=1S/C24BF20.C14H15N/c26-5-1(6(27)14(35)21(42)13(5)34)25(2-7(28)15(36)22(43)16(37)8(2)29,3-9(30)17(38)23(44)18(39)10(3)31)4-11(32)19(40)24(45)20(41)12(4)33;1-2-15(13-9-5-3-6-10-13)14-11-7-4-8-12-14/h;3-12H,2H2,1H3/q-1;/p+1. The van der Waals surface area contributed by atoms with Crippen LogP contribution in [0, 0.1) is 116 Å². The predicted octanol–water partition coefficient (Wildman–Crippen LogP) is 8.40. The van der Waals surface area contributed by atoms with Crippen molar-refractivity contribution in [1.82, 2.24) is 0 Å². The molecule has 6 aromatic rings. The van der Waals surface area contributed by atoms with Crippen LogP contribution in [0.5, 0.6) is 0 Å². The quantitative estimate of drug-likeness (QED) is 0.0712. The maximum absolute atomic E-state index is 15.4. The number of para-hydroxylation sites is 2. The first kappa shape index (κ1) is 45.0. The highest BCUT2D eigenvalue weighted by Gasteiger charge is 2.52. The van der Waals surface area contributed by atoms with Crippen molar-refractivity contribution in [2.24, 2.45) is 0 Å². The molecule has 0 aliphatic rings. The molecule has 0 heterocycles. The van der Waals surface area contributed by atoms with Crippen LogP contribution in [0.25, 0.3) is 0 Å². The van der Waals surface area contributed by atoms with Crippen molar-refractivity contribution in [2.45, 2.75) is 6.92 Å². The fourth-order valence-electron chi connectivity index (χ4n) is 6.73. The van der Waals surface area contributed by atoms with Gasteiger partial charge in [-0.3, -0.25) is 4.90 Å². The van der Waals surface area contributed by atoms with E-state index in [4.69, 9.17) is 0 Å². The fraction of sp³-hybridized carbons (Fsp3) is 0.0526. The molecule has 60 heavy (non-hydrogen) atoms. The second-order valence-corrected chi connectivity index (χ2v) is 12.4. The largest absolute Gasteiger partial charge is 0.270 e. The summed E-state index contributed by atoms with van der Waals surface area (Å²) >= 11 is 0. The molecule has 0 radical (unpaired) electrons. The number of hydrogen-bond acceptors (Lipinski definition) is 0. The molecule has 0 saturated heterocycles. The molecule has 316 valence electrons. The zero-order valence-corrected chi connectivity index (χ0v) is 29.1. The second-order valence-electron chi connectivity index (χ2n) is 12.4. The number of nitrogens with one attached hydrogen (secondary N) is 1. The summed E-state index contributed by atoms with van der Waals surface area (Å²) in [5.74, 6) is -71.4. The van der Waals surface area contributed by atoms with Crippen LogP contribution in [0.15, 0.2) is 60.7 Å². The Kier molecular flexibility index (Phi) is 12.7. The van der Waals surface area contributed by atoms with Gasteiger partial charge in [0.2, 0.25) is 0 Å². The monoisotopic (exact) mass is 877 g/mol. The molecule has 0 unspecified atom stereocenters. The smallest absolute Gasteiger partial charge is 0.200 e. The van der Waals surface area contributed by atoms with Gasteiger partial charge in [0.1, 0.15) is 64.1 Å². The van der Waals surface area contributed by atoms with Gasteiger partial charge in [-0.2, -0.15) is 0 Å². The van der Waals surface area contributed by atoms with Gasteiger partial charge >= 0.3 is 0 Å². The minimum Gasteiger partial charge on any atom is -0.270 e. The Bertz CT molecular complexity index is 2220. The highest BCUT2D eigenvalue weighted by atomic mass is 19.2. The molecule has 0 saturated carbocycles. The Labute approximate surface area is 322 Å². The molecule has 0 fully saturated rings. The summed E-state index contributed by atoms with van der Waals surface area (Å²) < 4.78 is 294. The van der Waals surface area contributed by atoms with Crippen molar-refractivity contribution in [3.63, 3.8) is 0 Å². The van der Waals surface area contributed by atoms with Crippen molar-refractivity contribution >= 4 is 39.4 Å². The number of halogens is 20. The molecule has 0 bridgehead atoms. The molecular weight excluding hydrogens is 861 g/mol. The molecule has 0 amide bonds. The van der Waals surface area contributed by atoms with E-state index in [0.717, 1.165) is 6.54 Å². The molecule has 0 aliphatic carbocycles. The Morgan fingerprint density at radius 2 is 0.450 bits per heavy atom. The van der Waals surface area contributed by atoms with Crippen LogP contribution in [0.4, 0.5) is 99.2 Å². The number of benzene rings is 6. The van der Waals surface area contributed by atoms with E-state index in [1.54, 1.807) is 0 Å². The first-order chi connectivity index (χ1) is 28.1. The van der Waals surface area contributed by atoms with Crippen molar-refractivity contribution < 1.29 is 92.7 Å². The Morgan fingerprint density at radius 1 is 0.283 bits per heavy atom. The molecule has 0 atom stereocenters. The van der Waals surface area contributed by atoms with Crippen LogP contribution in [-0.4, -0.2) is 12.7 Å². The minimum atomic E-state index is -7.22. The Morgan fingerprint density at radius 3 is 0.617 bits per heavy atom. The SMILES string of the molecule is CC[NH+](c1ccccc1)c1ccccc1.Fc1c(F)c(F)c([B-](c2c(F)c(F)c(F)c(F)c2F)(c2c(F)c(F)c(F)c(F)c2F)c2c(F)c(F)c(F)c(F)c2F)c(F)c1F. The van der Waals surface area contributed by atoms with E-state index < -0.39 is 144 Å². The third-order valence-corrected chi connectivity index (χ3v) is 9.31. The second kappa shape index (κ2) is 16.9. The van der Waals surface area contributed by atoms with Crippen LogP contribution in [0.3, 0.4) is 0 Å². The Balaban J connectivity index is 0.000000379. The van der Waals surface area contributed by atoms with Crippen LogP contribution in [-0.2, 0) is 0 Å². The highest BCUT2D eigenvalue weighted by Crippen LogP contribution is 2.30. The van der Waals surface area contributed by atoms with E-state index in [1.165, 1.54) is 16.3 Å². The fourth-order valence-corrected chi connectivity index (χ4v) is 6.73. The summed E-state index contributed by atoms with van der Waals surface area (Å²) in [6.07, 6.45) is -7.22. The van der Waals surface area contributed by atoms with Gasteiger partial charge in [0, 0.05) is 0 Å². The summed E-state index contributed by atoms with van der Waals surface area (Å²) in [6.45, 7) is 3.27. The first-order valence-electron chi connectivity index (χ1n) is 16.3. The molecule has 22 heteroatoms. The zero-order valence-electron chi connectivity index (χ0n) is 29.1. The maximum atomic E-state index is 15.4. The van der Waals surface area contributed by atoms with E-state index in [9.17, 15) is 52.7 Å². The van der Waals surface area contributed by atoms with Crippen molar-refractivity contribution in [3.8, 4) is 0 Å². The molecule has 6 rings (SSSR count). The van der Waals surface area contributed by atoms with Crippen molar-refractivity contribution in [3.05, 3.63) is 177 Å². The predicted molar refractivity (Wildman–Crippen MR) is 173 cm³/mol. The number of rotatable bonds is 7. The van der Waals surface area contributed by atoms with Crippen LogP contribution >= 0.6 is 0 Å². The lowest BCUT2D eigenvalue weighted by Crippen LogP contribution is -3.01. The summed E-state index contributed by atoms with van der Waals surface area (Å²) in [6, 6.07) is 21.2. The summed E-state index contributed by atoms with van der Waals surface area (Å²) in [7, 11) is 0. The molecule has 1 nitrogen and oxygen atoms in total. The van der Waals surface area contributed by atoms with Crippen LogP contribution in [0.1, 0.15) is 6.92 Å². The molecular formula is C38H16BF20N. The number of quaternary nitrogens is 1. The van der Waals surface area contributed by atoms with E-state index >= 15 is 35.1 Å². The molecule has 0 aliphatic heterocycles. The lowest BCUT2D eigenvalue weighted by molar-refractivity contribution is -0.757. The van der Waals surface area contributed by atoms with E-state index in [0.29, 0.717) is 0 Å². The third-order valence-electron chi connectivity index (χ3n) is 9.31. The van der Waals surface area contributed by atoms with E-state index in [2.05, 4.69) is 67.6 Å². The summed E-state index contributed by atoms with van der Waals surface area (Å²) in [5.41, 5.74) is -11.7. The molecule has 0 spiro atoms. The third kappa shape index (κ3) is 6.88. The lowest BCUT2D eigenvalue weighted by atomic mass is 9.12. The van der Waals surface area contributed by atoms with Crippen LogP contribution < -0.4 is 26.8 Å². The normalized spacial score (nSPS) is 11.6. The minimum absolute atomic E-state index is 1.06. The van der Waals surface area contributed by atoms with Gasteiger partial charge in [-0.1, -0.05) is 36.4 Å². The van der Waals surface area contributed by atoms with Crippen molar-refractivity contribution in [2.75, 3.05) is 6.54 Å². The average molecular weight is 877 g/mol. The highest BCUT2D eigenvalue weighted by molar-refractivity contribution is 7.20. The topological polar surface area (TPSA) is 4.44 Å². The first-order valence-corrected chi connectivity index (χ1v) is 16.3. The molecule has 6 aromatic carbocycles. The number of hydrogen-bond donors (Lipinski definition) is 1. The van der Waals surface area contributed by atoms with Gasteiger partial charge in [-0.05, 0) is 31.2 Å².